The molecule has 0 aliphatic rings. The van der Waals surface area contributed by atoms with Crippen LogP contribution < -0.4 is 10.1 Å². The summed E-state index contributed by atoms with van der Waals surface area (Å²) in [5.74, 6) is 3.54. The molecule has 1 rings (SSSR count). The largest absolute Gasteiger partial charge is 0.497 e. The van der Waals surface area contributed by atoms with Gasteiger partial charge in [-0.1, -0.05) is 12.1 Å². The van der Waals surface area contributed by atoms with Crippen LogP contribution in [0.25, 0.3) is 0 Å². The number of rotatable bonds is 7. The molecule has 0 saturated carbocycles. The van der Waals surface area contributed by atoms with Gasteiger partial charge in [0.25, 0.3) is 0 Å². The van der Waals surface area contributed by atoms with Crippen LogP contribution in [0.4, 0.5) is 0 Å². The van der Waals surface area contributed by atoms with E-state index < -0.39 is 0 Å². The first-order valence-corrected chi connectivity index (χ1v) is 6.06. The summed E-state index contributed by atoms with van der Waals surface area (Å²) in [4.78, 5) is 0. The predicted molar refractivity (Wildman–Crippen MR) is 72.2 cm³/mol. The van der Waals surface area contributed by atoms with E-state index in [2.05, 4.69) is 30.3 Å². The van der Waals surface area contributed by atoms with E-state index in [9.17, 15) is 0 Å². The molecule has 2 heteroatoms. The molecular weight excluding hydrogens is 210 g/mol. The minimum atomic E-state index is 0.505. The number of terminal acetylenes is 1. The minimum Gasteiger partial charge on any atom is -0.497 e. The number of benzene rings is 1. The monoisotopic (exact) mass is 231 g/mol. The van der Waals surface area contributed by atoms with Gasteiger partial charge in [0.15, 0.2) is 0 Å². The third-order valence-electron chi connectivity index (χ3n) is 2.79. The molecular formula is C15H21NO. The Balaban J connectivity index is 2.27. The summed E-state index contributed by atoms with van der Waals surface area (Å²) in [6.07, 6.45) is 8.20. The van der Waals surface area contributed by atoms with Gasteiger partial charge in [-0.15, -0.1) is 12.3 Å². The van der Waals surface area contributed by atoms with Gasteiger partial charge in [0.05, 0.1) is 7.11 Å². The fourth-order valence-corrected chi connectivity index (χ4v) is 1.67. The van der Waals surface area contributed by atoms with Crippen LogP contribution in [0.15, 0.2) is 24.3 Å². The quantitative estimate of drug-likeness (QED) is 0.575. The SMILES string of the molecule is C#CCCNC(C)CCc1ccc(OC)cc1. The van der Waals surface area contributed by atoms with Crippen molar-refractivity contribution in [2.24, 2.45) is 0 Å². The molecule has 0 heterocycles. The van der Waals surface area contributed by atoms with Crippen molar-refractivity contribution in [3.8, 4) is 18.1 Å². The summed E-state index contributed by atoms with van der Waals surface area (Å²) in [6.45, 7) is 3.10. The highest BCUT2D eigenvalue weighted by Gasteiger charge is 2.01. The van der Waals surface area contributed by atoms with Crippen molar-refractivity contribution in [1.29, 1.82) is 0 Å². The average molecular weight is 231 g/mol. The van der Waals surface area contributed by atoms with Crippen molar-refractivity contribution in [3.05, 3.63) is 29.8 Å². The highest BCUT2D eigenvalue weighted by molar-refractivity contribution is 5.27. The number of ether oxygens (including phenoxy) is 1. The third kappa shape index (κ3) is 5.42. The molecule has 0 aliphatic carbocycles. The lowest BCUT2D eigenvalue weighted by atomic mass is 10.1. The van der Waals surface area contributed by atoms with E-state index in [0.717, 1.165) is 31.6 Å². The van der Waals surface area contributed by atoms with Gasteiger partial charge in [0.1, 0.15) is 5.75 Å². The van der Waals surface area contributed by atoms with E-state index in [-0.39, 0.29) is 0 Å². The summed E-state index contributed by atoms with van der Waals surface area (Å²) < 4.78 is 5.13. The van der Waals surface area contributed by atoms with E-state index in [0.29, 0.717) is 6.04 Å². The summed E-state index contributed by atoms with van der Waals surface area (Å²) in [5, 5.41) is 3.41. The molecule has 17 heavy (non-hydrogen) atoms. The molecule has 0 spiro atoms. The predicted octanol–water partition coefficient (Wildman–Crippen LogP) is 2.63. The first kappa shape index (κ1) is 13.6. The summed E-state index contributed by atoms with van der Waals surface area (Å²) in [7, 11) is 1.69. The molecule has 92 valence electrons. The zero-order valence-corrected chi connectivity index (χ0v) is 10.7. The first-order chi connectivity index (χ1) is 8.26. The van der Waals surface area contributed by atoms with E-state index >= 15 is 0 Å². The number of nitrogens with one attached hydrogen (secondary N) is 1. The Morgan fingerprint density at radius 3 is 2.65 bits per heavy atom. The Labute approximate surface area is 104 Å². The normalized spacial score (nSPS) is 11.8. The zero-order valence-electron chi connectivity index (χ0n) is 10.7. The van der Waals surface area contributed by atoms with Crippen molar-refractivity contribution in [2.45, 2.75) is 32.2 Å². The molecule has 1 N–H and O–H groups in total. The zero-order chi connectivity index (χ0) is 12.5. The molecule has 0 amide bonds. The van der Waals surface area contributed by atoms with Crippen LogP contribution in [-0.2, 0) is 6.42 Å². The second-order valence-corrected chi connectivity index (χ2v) is 4.20. The molecule has 0 bridgehead atoms. The Morgan fingerprint density at radius 2 is 2.06 bits per heavy atom. The Hall–Kier alpha value is -1.46. The molecule has 0 aromatic heterocycles. The van der Waals surface area contributed by atoms with E-state index in [1.165, 1.54) is 5.56 Å². The number of hydrogen-bond acceptors (Lipinski definition) is 2. The second-order valence-electron chi connectivity index (χ2n) is 4.20. The first-order valence-electron chi connectivity index (χ1n) is 6.06. The van der Waals surface area contributed by atoms with Gasteiger partial charge < -0.3 is 10.1 Å². The van der Waals surface area contributed by atoms with Crippen LogP contribution in [0.2, 0.25) is 0 Å². The van der Waals surface area contributed by atoms with Crippen LogP contribution in [0.5, 0.6) is 5.75 Å². The van der Waals surface area contributed by atoms with Gasteiger partial charge in [-0.25, -0.2) is 0 Å². The van der Waals surface area contributed by atoms with Gasteiger partial charge in [0.2, 0.25) is 0 Å². The van der Waals surface area contributed by atoms with Crippen molar-refractivity contribution >= 4 is 0 Å². The highest BCUT2D eigenvalue weighted by atomic mass is 16.5. The highest BCUT2D eigenvalue weighted by Crippen LogP contribution is 2.13. The molecule has 1 atom stereocenters. The molecule has 0 aliphatic heterocycles. The fraction of sp³-hybridized carbons (Fsp3) is 0.467. The van der Waals surface area contributed by atoms with Gasteiger partial charge in [0, 0.05) is 19.0 Å². The lowest BCUT2D eigenvalue weighted by Crippen LogP contribution is -2.27. The molecule has 1 aromatic rings. The maximum Gasteiger partial charge on any atom is 0.118 e. The smallest absolute Gasteiger partial charge is 0.118 e. The Kier molecular flexibility index (Phi) is 6.21. The van der Waals surface area contributed by atoms with Crippen LogP contribution in [0.1, 0.15) is 25.3 Å². The van der Waals surface area contributed by atoms with Crippen LogP contribution in [0, 0.1) is 12.3 Å². The van der Waals surface area contributed by atoms with Crippen LogP contribution >= 0.6 is 0 Å². The van der Waals surface area contributed by atoms with Crippen LogP contribution in [-0.4, -0.2) is 19.7 Å². The standard InChI is InChI=1S/C15H21NO/c1-4-5-12-16-13(2)6-7-14-8-10-15(17-3)11-9-14/h1,8-11,13,16H,5-7,12H2,2-3H3. The van der Waals surface area contributed by atoms with Crippen molar-refractivity contribution in [3.63, 3.8) is 0 Å². The summed E-state index contributed by atoms with van der Waals surface area (Å²) in [6, 6.07) is 8.75. The van der Waals surface area contributed by atoms with Crippen molar-refractivity contribution in [1.82, 2.24) is 5.32 Å². The molecule has 0 fully saturated rings. The summed E-state index contributed by atoms with van der Waals surface area (Å²) in [5.41, 5.74) is 1.34. The Morgan fingerprint density at radius 1 is 1.35 bits per heavy atom. The van der Waals surface area contributed by atoms with E-state index in [1.54, 1.807) is 7.11 Å². The van der Waals surface area contributed by atoms with Crippen LogP contribution in [0.3, 0.4) is 0 Å². The summed E-state index contributed by atoms with van der Waals surface area (Å²) >= 11 is 0. The lowest BCUT2D eigenvalue weighted by molar-refractivity contribution is 0.414. The molecule has 1 unspecified atom stereocenters. The maximum atomic E-state index is 5.21. The van der Waals surface area contributed by atoms with Gasteiger partial charge in [-0.3, -0.25) is 0 Å². The third-order valence-corrected chi connectivity index (χ3v) is 2.79. The van der Waals surface area contributed by atoms with Crippen molar-refractivity contribution in [2.75, 3.05) is 13.7 Å². The average Bonchev–Trinajstić information content (AvgIpc) is 2.37. The second kappa shape index (κ2) is 7.76. The van der Waals surface area contributed by atoms with Gasteiger partial charge in [-0.2, -0.15) is 0 Å². The maximum absolute atomic E-state index is 5.21. The molecule has 0 saturated heterocycles. The van der Waals surface area contributed by atoms with Gasteiger partial charge in [-0.05, 0) is 37.5 Å². The Bertz CT molecular complexity index is 350. The number of methoxy groups -OCH3 is 1. The molecule has 1 aromatic carbocycles. The lowest BCUT2D eigenvalue weighted by Gasteiger charge is -2.12. The molecule has 2 nitrogen and oxygen atoms in total. The number of hydrogen-bond donors (Lipinski definition) is 1. The van der Waals surface area contributed by atoms with E-state index in [4.69, 9.17) is 11.2 Å². The topological polar surface area (TPSA) is 21.3 Å². The van der Waals surface area contributed by atoms with Gasteiger partial charge >= 0.3 is 0 Å². The van der Waals surface area contributed by atoms with E-state index in [1.807, 2.05) is 12.1 Å². The molecule has 0 radical (unpaired) electrons. The minimum absolute atomic E-state index is 0.505. The number of aryl methyl sites for hydroxylation is 1. The van der Waals surface area contributed by atoms with Crippen molar-refractivity contribution < 1.29 is 4.74 Å². The fourth-order valence-electron chi connectivity index (χ4n) is 1.67.